The molecule has 74 valence electrons. The molecule has 0 saturated heterocycles. The van der Waals surface area contributed by atoms with Crippen LogP contribution in [0.1, 0.15) is 39.0 Å². The Morgan fingerprint density at radius 2 is 2.15 bits per heavy atom. The Balaban J connectivity index is 2.15. The van der Waals surface area contributed by atoms with Crippen LogP contribution < -0.4 is 0 Å². The first kappa shape index (κ1) is 10.3. The van der Waals surface area contributed by atoms with E-state index in [0.717, 1.165) is 18.8 Å². The molecule has 0 aromatic rings. The predicted molar refractivity (Wildman–Crippen MR) is 52.0 cm³/mol. The molecule has 0 radical (unpaired) electrons. The molecular formula is C11H17FO. The van der Waals surface area contributed by atoms with Crippen molar-refractivity contribution < 1.29 is 9.13 Å². The summed E-state index contributed by atoms with van der Waals surface area (Å²) < 4.78 is 18.0. The van der Waals surface area contributed by atoms with Gasteiger partial charge in [0.25, 0.3) is 0 Å². The highest BCUT2D eigenvalue weighted by Gasteiger charge is 2.05. The molecule has 0 aliphatic heterocycles. The fourth-order valence-electron chi connectivity index (χ4n) is 1.27. The molecule has 1 nitrogen and oxygen atoms in total. The van der Waals surface area contributed by atoms with Crippen LogP contribution in [0.5, 0.6) is 0 Å². The van der Waals surface area contributed by atoms with Gasteiger partial charge in [-0.1, -0.05) is 19.8 Å². The summed E-state index contributed by atoms with van der Waals surface area (Å²) in [5.74, 6) is 0.887. The van der Waals surface area contributed by atoms with Gasteiger partial charge in [-0.3, -0.25) is 0 Å². The Hall–Kier alpha value is -0.790. The summed E-state index contributed by atoms with van der Waals surface area (Å²) in [6.45, 7) is 2.94. The first-order chi connectivity index (χ1) is 6.33. The molecule has 0 N–H and O–H groups in total. The Morgan fingerprint density at radius 1 is 1.31 bits per heavy atom. The Kier molecular flexibility index (Phi) is 4.58. The number of halogens is 1. The van der Waals surface area contributed by atoms with Crippen LogP contribution in [0.15, 0.2) is 23.7 Å². The van der Waals surface area contributed by atoms with E-state index in [2.05, 4.69) is 6.92 Å². The molecule has 0 bridgehead atoms. The van der Waals surface area contributed by atoms with Crippen molar-refractivity contribution in [3.05, 3.63) is 23.7 Å². The maximum Gasteiger partial charge on any atom is 0.100 e. The second kappa shape index (κ2) is 5.79. The average molecular weight is 184 g/mol. The lowest BCUT2D eigenvalue weighted by molar-refractivity contribution is 0.194. The van der Waals surface area contributed by atoms with Crippen LogP contribution in [-0.2, 0) is 4.74 Å². The van der Waals surface area contributed by atoms with Gasteiger partial charge in [0.15, 0.2) is 0 Å². The number of hydrogen-bond acceptors (Lipinski definition) is 1. The fraction of sp³-hybridized carbons (Fsp3) is 0.636. The van der Waals surface area contributed by atoms with Gasteiger partial charge in [-0.25, -0.2) is 4.39 Å². The van der Waals surface area contributed by atoms with E-state index in [4.69, 9.17) is 4.74 Å². The summed E-state index contributed by atoms with van der Waals surface area (Å²) >= 11 is 0. The Bertz CT molecular complexity index is 206. The molecule has 1 aliphatic carbocycles. The number of ether oxygens (including phenoxy) is 1. The number of hydrogen-bond donors (Lipinski definition) is 0. The van der Waals surface area contributed by atoms with E-state index in [-0.39, 0.29) is 5.83 Å². The third-order valence-corrected chi connectivity index (χ3v) is 2.10. The van der Waals surface area contributed by atoms with Crippen molar-refractivity contribution in [2.24, 2.45) is 0 Å². The van der Waals surface area contributed by atoms with Gasteiger partial charge < -0.3 is 4.74 Å². The molecule has 0 heterocycles. The SMILES string of the molecule is CCCCCOC1=CC=C(F)CC1. The van der Waals surface area contributed by atoms with E-state index in [1.165, 1.54) is 18.9 Å². The van der Waals surface area contributed by atoms with Gasteiger partial charge in [-0.05, 0) is 18.6 Å². The van der Waals surface area contributed by atoms with Crippen molar-refractivity contribution in [1.82, 2.24) is 0 Å². The first-order valence-electron chi connectivity index (χ1n) is 5.01. The van der Waals surface area contributed by atoms with E-state index in [1.54, 1.807) is 6.08 Å². The molecule has 0 spiro atoms. The third kappa shape index (κ3) is 4.11. The van der Waals surface area contributed by atoms with Crippen molar-refractivity contribution in [2.75, 3.05) is 6.61 Å². The zero-order valence-corrected chi connectivity index (χ0v) is 8.18. The Morgan fingerprint density at radius 3 is 2.77 bits per heavy atom. The van der Waals surface area contributed by atoms with Gasteiger partial charge in [0.2, 0.25) is 0 Å². The van der Waals surface area contributed by atoms with Crippen LogP contribution in [0.2, 0.25) is 0 Å². The lowest BCUT2D eigenvalue weighted by Crippen LogP contribution is -1.98. The molecule has 0 unspecified atom stereocenters. The van der Waals surface area contributed by atoms with Crippen LogP contribution in [0.25, 0.3) is 0 Å². The van der Waals surface area contributed by atoms with Crippen molar-refractivity contribution in [3.63, 3.8) is 0 Å². The van der Waals surface area contributed by atoms with Gasteiger partial charge in [-0.15, -0.1) is 0 Å². The normalized spacial score (nSPS) is 16.5. The molecule has 0 atom stereocenters. The van der Waals surface area contributed by atoms with Gasteiger partial charge in [0, 0.05) is 12.8 Å². The topological polar surface area (TPSA) is 9.23 Å². The number of unbranched alkanes of at least 4 members (excludes halogenated alkanes) is 2. The number of rotatable bonds is 5. The summed E-state index contributed by atoms with van der Waals surface area (Å²) in [5.41, 5.74) is 0. The molecule has 0 aromatic carbocycles. The zero-order valence-electron chi connectivity index (χ0n) is 8.18. The molecule has 0 aromatic heterocycles. The lowest BCUT2D eigenvalue weighted by atomic mass is 10.1. The third-order valence-electron chi connectivity index (χ3n) is 2.10. The molecule has 0 saturated carbocycles. The highest BCUT2D eigenvalue weighted by Crippen LogP contribution is 2.19. The van der Waals surface area contributed by atoms with E-state index in [0.29, 0.717) is 12.8 Å². The summed E-state index contributed by atoms with van der Waals surface area (Å²) in [5, 5.41) is 0. The van der Waals surface area contributed by atoms with Crippen LogP contribution in [0.4, 0.5) is 4.39 Å². The number of allylic oxidation sites excluding steroid dienone is 4. The minimum Gasteiger partial charge on any atom is -0.498 e. The molecule has 2 heteroatoms. The van der Waals surface area contributed by atoms with E-state index < -0.39 is 0 Å². The molecule has 0 fully saturated rings. The minimum absolute atomic E-state index is 0.0408. The molecule has 1 rings (SSSR count). The quantitative estimate of drug-likeness (QED) is 0.591. The summed E-state index contributed by atoms with van der Waals surface area (Å²) in [7, 11) is 0. The lowest BCUT2D eigenvalue weighted by Gasteiger charge is -2.11. The van der Waals surface area contributed by atoms with Gasteiger partial charge in [-0.2, -0.15) is 0 Å². The molecule has 1 aliphatic rings. The van der Waals surface area contributed by atoms with E-state index >= 15 is 0 Å². The van der Waals surface area contributed by atoms with Crippen molar-refractivity contribution in [1.29, 1.82) is 0 Å². The monoisotopic (exact) mass is 184 g/mol. The molecule has 13 heavy (non-hydrogen) atoms. The van der Waals surface area contributed by atoms with Crippen molar-refractivity contribution in [2.45, 2.75) is 39.0 Å². The standard InChI is InChI=1S/C11H17FO/c1-2-3-4-9-13-11-7-5-10(12)6-8-11/h5,7H,2-4,6,8-9H2,1H3. The second-order valence-corrected chi connectivity index (χ2v) is 3.30. The Labute approximate surface area is 79.3 Å². The van der Waals surface area contributed by atoms with Crippen LogP contribution >= 0.6 is 0 Å². The first-order valence-corrected chi connectivity index (χ1v) is 5.01. The maximum atomic E-state index is 12.6. The second-order valence-electron chi connectivity index (χ2n) is 3.30. The van der Waals surface area contributed by atoms with E-state index in [1.807, 2.05) is 0 Å². The summed E-state index contributed by atoms with van der Waals surface area (Å²) in [6.07, 6.45) is 7.96. The van der Waals surface area contributed by atoms with Crippen molar-refractivity contribution in [3.8, 4) is 0 Å². The summed E-state index contributed by atoms with van der Waals surface area (Å²) in [6, 6.07) is 0. The molecular weight excluding hydrogens is 167 g/mol. The fourth-order valence-corrected chi connectivity index (χ4v) is 1.27. The van der Waals surface area contributed by atoms with Crippen LogP contribution in [0.3, 0.4) is 0 Å². The van der Waals surface area contributed by atoms with E-state index in [9.17, 15) is 4.39 Å². The van der Waals surface area contributed by atoms with Crippen molar-refractivity contribution >= 4 is 0 Å². The maximum absolute atomic E-state index is 12.6. The average Bonchev–Trinajstić information content (AvgIpc) is 2.15. The smallest absolute Gasteiger partial charge is 0.100 e. The van der Waals surface area contributed by atoms with Crippen LogP contribution in [-0.4, -0.2) is 6.61 Å². The van der Waals surface area contributed by atoms with Gasteiger partial charge in [0.05, 0.1) is 12.4 Å². The largest absolute Gasteiger partial charge is 0.498 e. The minimum atomic E-state index is -0.0408. The highest BCUT2D eigenvalue weighted by atomic mass is 19.1. The van der Waals surface area contributed by atoms with Gasteiger partial charge >= 0.3 is 0 Å². The van der Waals surface area contributed by atoms with Crippen LogP contribution in [0, 0.1) is 0 Å². The highest BCUT2D eigenvalue weighted by molar-refractivity contribution is 5.16. The zero-order chi connectivity index (χ0) is 9.52. The predicted octanol–water partition coefficient (Wildman–Crippen LogP) is 3.72. The van der Waals surface area contributed by atoms with Gasteiger partial charge in [0.1, 0.15) is 5.83 Å². The summed E-state index contributed by atoms with van der Waals surface area (Å²) in [4.78, 5) is 0. The molecule has 0 amide bonds.